The minimum atomic E-state index is -1.06. The molecular weight excluding hydrogens is 253 g/mol. The Kier molecular flexibility index (Phi) is 3.24. The summed E-state index contributed by atoms with van der Waals surface area (Å²) in [5.74, 6) is -1.97. The Morgan fingerprint density at radius 2 is 1.68 bits per heavy atom. The van der Waals surface area contributed by atoms with Crippen LogP contribution < -0.4 is 0 Å². The number of rotatable bonds is 3. The summed E-state index contributed by atoms with van der Waals surface area (Å²) in [6.07, 6.45) is 0. The molecule has 0 aromatic heterocycles. The maximum Gasteiger partial charge on any atom is 0.335 e. The second-order valence-electron chi connectivity index (χ2n) is 3.81. The molecule has 19 heavy (non-hydrogen) atoms. The fourth-order valence-corrected chi connectivity index (χ4v) is 1.64. The molecule has 0 saturated heterocycles. The summed E-state index contributed by atoms with van der Waals surface area (Å²) in [7, 11) is 0. The lowest BCUT2D eigenvalue weighted by atomic mass is 10.0. The summed E-state index contributed by atoms with van der Waals surface area (Å²) >= 11 is 0. The van der Waals surface area contributed by atoms with Crippen molar-refractivity contribution >= 4 is 11.7 Å². The van der Waals surface area contributed by atoms with E-state index < -0.39 is 22.4 Å². The van der Waals surface area contributed by atoms with Gasteiger partial charge in [0.15, 0.2) is 0 Å². The molecule has 0 bridgehead atoms. The third-order valence-corrected chi connectivity index (χ3v) is 2.61. The average Bonchev–Trinajstić information content (AvgIpc) is 2.39. The van der Waals surface area contributed by atoms with Crippen molar-refractivity contribution in [3.8, 4) is 11.1 Å². The van der Waals surface area contributed by atoms with E-state index in [0.29, 0.717) is 11.1 Å². The number of halogens is 1. The first-order valence-corrected chi connectivity index (χ1v) is 5.26. The van der Waals surface area contributed by atoms with Crippen LogP contribution >= 0.6 is 0 Å². The van der Waals surface area contributed by atoms with Gasteiger partial charge in [-0.2, -0.15) is 4.39 Å². The lowest BCUT2D eigenvalue weighted by Gasteiger charge is -2.03. The van der Waals surface area contributed by atoms with E-state index in [1.165, 1.54) is 30.3 Å². The van der Waals surface area contributed by atoms with Gasteiger partial charge in [-0.3, -0.25) is 10.1 Å². The van der Waals surface area contributed by atoms with Crippen LogP contribution in [-0.4, -0.2) is 16.0 Å². The van der Waals surface area contributed by atoms with Gasteiger partial charge in [-0.1, -0.05) is 18.2 Å². The molecule has 0 radical (unpaired) electrons. The molecule has 0 aliphatic rings. The zero-order valence-electron chi connectivity index (χ0n) is 9.54. The highest BCUT2D eigenvalue weighted by Crippen LogP contribution is 2.26. The number of benzene rings is 2. The van der Waals surface area contributed by atoms with Crippen LogP contribution in [0.3, 0.4) is 0 Å². The summed E-state index contributed by atoms with van der Waals surface area (Å²) in [5, 5.41) is 19.4. The molecule has 96 valence electrons. The third kappa shape index (κ3) is 2.57. The largest absolute Gasteiger partial charge is 0.478 e. The van der Waals surface area contributed by atoms with E-state index in [1.54, 1.807) is 0 Å². The Morgan fingerprint density at radius 1 is 1.11 bits per heavy atom. The van der Waals surface area contributed by atoms with E-state index in [2.05, 4.69) is 0 Å². The molecule has 6 heteroatoms. The average molecular weight is 261 g/mol. The van der Waals surface area contributed by atoms with E-state index in [9.17, 15) is 19.3 Å². The second kappa shape index (κ2) is 4.85. The molecule has 0 spiro atoms. The molecule has 1 N–H and O–H groups in total. The summed E-state index contributed by atoms with van der Waals surface area (Å²) in [6.45, 7) is 0. The van der Waals surface area contributed by atoms with Crippen molar-refractivity contribution in [1.29, 1.82) is 0 Å². The number of nitro groups is 1. The Bertz CT molecular complexity index is 652. The minimum Gasteiger partial charge on any atom is -0.478 e. The van der Waals surface area contributed by atoms with Gasteiger partial charge in [0, 0.05) is 6.07 Å². The minimum absolute atomic E-state index is 0.111. The highest BCUT2D eigenvalue weighted by molar-refractivity contribution is 5.88. The monoisotopic (exact) mass is 261 g/mol. The number of nitro benzene ring substituents is 1. The van der Waals surface area contributed by atoms with E-state index in [1.807, 2.05) is 0 Å². The molecule has 2 aromatic rings. The Balaban J connectivity index is 2.44. The van der Waals surface area contributed by atoms with Crippen LogP contribution in [0.15, 0.2) is 42.5 Å². The molecule has 0 aliphatic heterocycles. The molecule has 5 nitrogen and oxygen atoms in total. The molecule has 0 aliphatic carbocycles. The number of carbonyl (C=O) groups is 1. The topological polar surface area (TPSA) is 80.4 Å². The Morgan fingerprint density at radius 3 is 2.21 bits per heavy atom. The zero-order valence-corrected chi connectivity index (χ0v) is 9.54. The lowest BCUT2D eigenvalue weighted by molar-refractivity contribution is -0.387. The standard InChI is InChI=1S/C13H8FNO4/c14-11-6-5-10(7-12(11)15(18)19)8-1-3-9(4-2-8)13(16)17/h1-7H,(H,16,17). The van der Waals surface area contributed by atoms with Gasteiger partial charge in [-0.15, -0.1) is 0 Å². The molecular formula is C13H8FNO4. The van der Waals surface area contributed by atoms with Gasteiger partial charge in [-0.05, 0) is 29.3 Å². The molecule has 0 fully saturated rings. The number of carboxylic acid groups (broad SMARTS) is 1. The van der Waals surface area contributed by atoms with E-state index in [4.69, 9.17) is 5.11 Å². The van der Waals surface area contributed by atoms with Crippen molar-refractivity contribution in [3.05, 3.63) is 64.0 Å². The van der Waals surface area contributed by atoms with Crippen LogP contribution in [0.1, 0.15) is 10.4 Å². The quantitative estimate of drug-likeness (QED) is 0.680. The summed E-state index contributed by atoms with van der Waals surface area (Å²) in [5.41, 5.74) is 0.526. The van der Waals surface area contributed by atoms with Crippen molar-refractivity contribution in [2.24, 2.45) is 0 Å². The number of nitrogens with zero attached hydrogens (tertiary/aromatic N) is 1. The van der Waals surface area contributed by atoms with Gasteiger partial charge < -0.3 is 5.11 Å². The fourth-order valence-electron chi connectivity index (χ4n) is 1.64. The highest BCUT2D eigenvalue weighted by atomic mass is 19.1. The van der Waals surface area contributed by atoms with Crippen LogP contribution in [0.4, 0.5) is 10.1 Å². The smallest absolute Gasteiger partial charge is 0.335 e. The first-order chi connectivity index (χ1) is 8.99. The van der Waals surface area contributed by atoms with Gasteiger partial charge >= 0.3 is 11.7 Å². The van der Waals surface area contributed by atoms with Crippen LogP contribution in [-0.2, 0) is 0 Å². The van der Waals surface area contributed by atoms with Crippen molar-refractivity contribution in [2.45, 2.75) is 0 Å². The summed E-state index contributed by atoms with van der Waals surface area (Å²) in [6, 6.07) is 9.32. The predicted octanol–water partition coefficient (Wildman–Crippen LogP) is 3.10. The molecule has 0 saturated carbocycles. The number of carboxylic acids is 1. The molecule has 0 unspecified atom stereocenters. The normalized spacial score (nSPS) is 10.2. The van der Waals surface area contributed by atoms with Gasteiger partial charge in [-0.25, -0.2) is 4.79 Å². The maximum absolute atomic E-state index is 13.2. The lowest BCUT2D eigenvalue weighted by Crippen LogP contribution is -1.95. The number of hydrogen-bond donors (Lipinski definition) is 1. The first kappa shape index (κ1) is 12.7. The molecule has 2 aromatic carbocycles. The van der Waals surface area contributed by atoms with E-state index in [-0.39, 0.29) is 5.56 Å². The zero-order chi connectivity index (χ0) is 14.0. The Labute approximate surface area is 107 Å². The number of aromatic carboxylic acids is 1. The van der Waals surface area contributed by atoms with Crippen LogP contribution in [0, 0.1) is 15.9 Å². The van der Waals surface area contributed by atoms with Gasteiger partial charge in [0.1, 0.15) is 0 Å². The third-order valence-electron chi connectivity index (χ3n) is 2.61. The van der Waals surface area contributed by atoms with Crippen LogP contribution in [0.2, 0.25) is 0 Å². The molecule has 0 atom stereocenters. The predicted molar refractivity (Wildman–Crippen MR) is 65.4 cm³/mol. The van der Waals surface area contributed by atoms with Crippen molar-refractivity contribution in [2.75, 3.05) is 0 Å². The second-order valence-corrected chi connectivity index (χ2v) is 3.81. The van der Waals surface area contributed by atoms with Gasteiger partial charge in [0.05, 0.1) is 10.5 Å². The summed E-state index contributed by atoms with van der Waals surface area (Å²) < 4.78 is 13.2. The highest BCUT2D eigenvalue weighted by Gasteiger charge is 2.15. The van der Waals surface area contributed by atoms with Crippen molar-refractivity contribution < 1.29 is 19.2 Å². The van der Waals surface area contributed by atoms with E-state index >= 15 is 0 Å². The Hall–Kier alpha value is -2.76. The molecule has 0 amide bonds. The first-order valence-electron chi connectivity index (χ1n) is 5.26. The van der Waals surface area contributed by atoms with Crippen molar-refractivity contribution in [3.63, 3.8) is 0 Å². The van der Waals surface area contributed by atoms with Crippen LogP contribution in [0.5, 0.6) is 0 Å². The van der Waals surface area contributed by atoms with Crippen LogP contribution in [0.25, 0.3) is 11.1 Å². The maximum atomic E-state index is 13.2. The van der Waals surface area contributed by atoms with Gasteiger partial charge in [0.2, 0.25) is 5.82 Å². The SMILES string of the molecule is O=C(O)c1ccc(-c2ccc(F)c([N+](=O)[O-])c2)cc1. The molecule has 0 heterocycles. The van der Waals surface area contributed by atoms with E-state index in [0.717, 1.165) is 12.1 Å². The fraction of sp³-hybridized carbons (Fsp3) is 0. The number of hydrogen-bond acceptors (Lipinski definition) is 3. The molecule has 2 rings (SSSR count). The van der Waals surface area contributed by atoms with Crippen molar-refractivity contribution in [1.82, 2.24) is 0 Å². The van der Waals surface area contributed by atoms with Gasteiger partial charge in [0.25, 0.3) is 0 Å². The summed E-state index contributed by atoms with van der Waals surface area (Å²) in [4.78, 5) is 20.5.